The lowest BCUT2D eigenvalue weighted by atomic mass is 10.0. The van der Waals surface area contributed by atoms with Crippen molar-refractivity contribution in [1.29, 1.82) is 0 Å². The lowest BCUT2D eigenvalue weighted by Gasteiger charge is -2.06. The SMILES string of the molecule is C#Cc1cc(C#C)c(OC)c(C#C)c1. The highest BCUT2D eigenvalue weighted by molar-refractivity contribution is 5.59. The fraction of sp³-hybridized carbons (Fsp3) is 0.0769. The third-order valence-corrected chi connectivity index (χ3v) is 1.77. The van der Waals surface area contributed by atoms with Crippen LogP contribution in [-0.4, -0.2) is 7.11 Å². The van der Waals surface area contributed by atoms with Crippen LogP contribution in [-0.2, 0) is 0 Å². The van der Waals surface area contributed by atoms with Crippen LogP contribution in [0.3, 0.4) is 0 Å². The molecule has 0 saturated heterocycles. The van der Waals surface area contributed by atoms with Gasteiger partial charge in [-0.25, -0.2) is 0 Å². The van der Waals surface area contributed by atoms with Crippen LogP contribution in [0.5, 0.6) is 5.75 Å². The molecule has 1 rings (SSSR count). The van der Waals surface area contributed by atoms with E-state index in [0.29, 0.717) is 22.4 Å². The highest BCUT2D eigenvalue weighted by atomic mass is 16.5. The van der Waals surface area contributed by atoms with Gasteiger partial charge in [0.05, 0.1) is 18.2 Å². The van der Waals surface area contributed by atoms with Gasteiger partial charge in [0.25, 0.3) is 0 Å². The summed E-state index contributed by atoms with van der Waals surface area (Å²) < 4.78 is 5.10. The molecular formula is C13H8O. The monoisotopic (exact) mass is 180 g/mol. The molecule has 0 N–H and O–H groups in total. The van der Waals surface area contributed by atoms with E-state index in [1.54, 1.807) is 12.1 Å². The molecule has 66 valence electrons. The molecule has 1 nitrogen and oxygen atoms in total. The molecule has 0 bridgehead atoms. The van der Waals surface area contributed by atoms with Crippen LogP contribution in [0.25, 0.3) is 0 Å². The number of ether oxygens (including phenoxy) is 1. The zero-order valence-corrected chi connectivity index (χ0v) is 7.79. The predicted molar refractivity (Wildman–Crippen MR) is 56.8 cm³/mol. The van der Waals surface area contributed by atoms with Gasteiger partial charge in [-0.3, -0.25) is 0 Å². The minimum Gasteiger partial charge on any atom is -0.494 e. The Morgan fingerprint density at radius 3 is 1.79 bits per heavy atom. The molecule has 0 unspecified atom stereocenters. The first-order chi connectivity index (χ1) is 6.76. The second-order valence-corrected chi connectivity index (χ2v) is 2.54. The molecule has 1 aromatic rings. The van der Waals surface area contributed by atoms with Crippen molar-refractivity contribution in [2.75, 3.05) is 7.11 Å². The maximum atomic E-state index is 5.31. The molecule has 0 spiro atoms. The van der Waals surface area contributed by atoms with Crippen molar-refractivity contribution >= 4 is 0 Å². The van der Waals surface area contributed by atoms with Crippen molar-refractivity contribution in [2.45, 2.75) is 0 Å². The lowest BCUT2D eigenvalue weighted by molar-refractivity contribution is 0.412. The average molecular weight is 180 g/mol. The van der Waals surface area contributed by atoms with Gasteiger partial charge in [-0.2, -0.15) is 0 Å². The number of rotatable bonds is 1. The summed E-state index contributed by atoms with van der Waals surface area (Å²) in [4.78, 5) is 0. The van der Waals surface area contributed by atoms with Gasteiger partial charge in [-0.1, -0.05) is 17.8 Å². The first-order valence-electron chi connectivity index (χ1n) is 3.88. The zero-order chi connectivity index (χ0) is 10.6. The molecule has 0 heterocycles. The standard InChI is InChI=1S/C13H8O/c1-5-10-8-11(6-2)13(14-4)12(7-3)9-10/h1-3,8-9H,4H3. The summed E-state index contributed by atoms with van der Waals surface area (Å²) >= 11 is 0. The van der Waals surface area contributed by atoms with Crippen molar-refractivity contribution in [3.8, 4) is 42.8 Å². The number of hydrogen-bond donors (Lipinski definition) is 0. The summed E-state index contributed by atoms with van der Waals surface area (Å²) in [5.41, 5.74) is 1.82. The number of terminal acetylenes is 3. The fourth-order valence-corrected chi connectivity index (χ4v) is 1.15. The Labute approximate surface area is 84.1 Å². The van der Waals surface area contributed by atoms with Crippen molar-refractivity contribution in [1.82, 2.24) is 0 Å². The molecule has 0 fully saturated rings. The average Bonchev–Trinajstić information content (AvgIpc) is 2.26. The van der Waals surface area contributed by atoms with Gasteiger partial charge < -0.3 is 4.74 Å². The summed E-state index contributed by atoms with van der Waals surface area (Å²) in [7, 11) is 1.52. The second-order valence-electron chi connectivity index (χ2n) is 2.54. The van der Waals surface area contributed by atoms with Gasteiger partial charge in [0, 0.05) is 5.56 Å². The van der Waals surface area contributed by atoms with Gasteiger partial charge in [0.2, 0.25) is 0 Å². The largest absolute Gasteiger partial charge is 0.494 e. The summed E-state index contributed by atoms with van der Waals surface area (Å²) in [5, 5.41) is 0. The van der Waals surface area contributed by atoms with Gasteiger partial charge in [-0.05, 0) is 12.1 Å². The van der Waals surface area contributed by atoms with E-state index in [9.17, 15) is 0 Å². The summed E-state index contributed by atoms with van der Waals surface area (Å²) in [6.07, 6.45) is 15.9. The van der Waals surface area contributed by atoms with E-state index < -0.39 is 0 Å². The van der Waals surface area contributed by atoms with E-state index >= 15 is 0 Å². The van der Waals surface area contributed by atoms with E-state index in [0.717, 1.165) is 0 Å². The van der Waals surface area contributed by atoms with Crippen LogP contribution in [0.4, 0.5) is 0 Å². The smallest absolute Gasteiger partial charge is 0.150 e. The molecule has 0 aliphatic rings. The molecular weight excluding hydrogens is 172 g/mol. The Kier molecular flexibility index (Phi) is 2.85. The summed E-state index contributed by atoms with van der Waals surface area (Å²) in [6.45, 7) is 0. The van der Waals surface area contributed by atoms with Gasteiger partial charge in [0.15, 0.2) is 0 Å². The maximum Gasteiger partial charge on any atom is 0.150 e. The van der Waals surface area contributed by atoms with Crippen LogP contribution in [0, 0.1) is 37.0 Å². The van der Waals surface area contributed by atoms with E-state index in [4.69, 9.17) is 24.0 Å². The maximum absolute atomic E-state index is 5.31. The normalized spacial score (nSPS) is 8.14. The van der Waals surface area contributed by atoms with Gasteiger partial charge >= 0.3 is 0 Å². The Morgan fingerprint density at radius 1 is 1.00 bits per heavy atom. The fourth-order valence-electron chi connectivity index (χ4n) is 1.15. The quantitative estimate of drug-likeness (QED) is 0.597. The highest BCUT2D eigenvalue weighted by Crippen LogP contribution is 2.24. The number of benzene rings is 1. The predicted octanol–water partition coefficient (Wildman–Crippen LogP) is 1.64. The molecule has 0 atom stereocenters. The number of methoxy groups -OCH3 is 1. The molecule has 1 aromatic carbocycles. The minimum atomic E-state index is 0.522. The Hall–Kier alpha value is -2.30. The molecule has 0 aliphatic carbocycles. The van der Waals surface area contributed by atoms with Crippen molar-refractivity contribution < 1.29 is 4.74 Å². The minimum absolute atomic E-state index is 0.522. The molecule has 14 heavy (non-hydrogen) atoms. The van der Waals surface area contributed by atoms with Crippen molar-refractivity contribution in [3.63, 3.8) is 0 Å². The lowest BCUT2D eigenvalue weighted by Crippen LogP contribution is -1.93. The third kappa shape index (κ3) is 1.56. The Balaban J connectivity index is 3.54. The van der Waals surface area contributed by atoms with Crippen molar-refractivity contribution in [3.05, 3.63) is 28.8 Å². The second kappa shape index (κ2) is 4.08. The molecule has 0 aliphatic heterocycles. The van der Waals surface area contributed by atoms with E-state index in [-0.39, 0.29) is 0 Å². The number of hydrogen-bond acceptors (Lipinski definition) is 1. The molecule has 1 heteroatoms. The molecule has 0 aromatic heterocycles. The van der Waals surface area contributed by atoms with E-state index in [2.05, 4.69) is 17.8 Å². The van der Waals surface area contributed by atoms with Crippen LogP contribution in [0.2, 0.25) is 0 Å². The molecule has 0 radical (unpaired) electrons. The third-order valence-electron chi connectivity index (χ3n) is 1.77. The highest BCUT2D eigenvalue weighted by Gasteiger charge is 2.07. The van der Waals surface area contributed by atoms with Crippen molar-refractivity contribution in [2.24, 2.45) is 0 Å². The van der Waals surface area contributed by atoms with E-state index in [1.165, 1.54) is 7.11 Å². The topological polar surface area (TPSA) is 9.23 Å². The first kappa shape index (κ1) is 9.79. The van der Waals surface area contributed by atoms with E-state index in [1.807, 2.05) is 0 Å². The Morgan fingerprint density at radius 2 is 1.50 bits per heavy atom. The summed E-state index contributed by atoms with van der Waals surface area (Å²) in [5.74, 6) is 7.96. The van der Waals surface area contributed by atoms with Gasteiger partial charge in [0.1, 0.15) is 5.75 Å². The Bertz CT molecular complexity index is 440. The zero-order valence-electron chi connectivity index (χ0n) is 7.79. The summed E-state index contributed by atoms with van der Waals surface area (Å²) in [6, 6.07) is 3.39. The van der Waals surface area contributed by atoms with Crippen LogP contribution in [0.1, 0.15) is 16.7 Å². The van der Waals surface area contributed by atoms with Gasteiger partial charge in [-0.15, -0.1) is 19.3 Å². The first-order valence-corrected chi connectivity index (χ1v) is 3.88. The molecule has 0 amide bonds. The van der Waals surface area contributed by atoms with Crippen LogP contribution < -0.4 is 4.74 Å². The molecule has 0 saturated carbocycles. The van der Waals surface area contributed by atoms with Crippen LogP contribution in [0.15, 0.2) is 12.1 Å². The van der Waals surface area contributed by atoms with Crippen LogP contribution >= 0.6 is 0 Å².